The Morgan fingerprint density at radius 1 is 1.40 bits per heavy atom. The number of aromatic nitrogens is 2. The molecule has 0 saturated carbocycles. The number of hydrogen-bond acceptors (Lipinski definition) is 2. The molecular formula is C11H14BrN3. The van der Waals surface area contributed by atoms with E-state index in [-0.39, 0.29) is 5.41 Å². The van der Waals surface area contributed by atoms with Crippen LogP contribution in [0.1, 0.15) is 26.5 Å². The predicted octanol–water partition coefficient (Wildman–Crippen LogP) is 2.98. The van der Waals surface area contributed by atoms with Gasteiger partial charge in [-0.2, -0.15) is 0 Å². The summed E-state index contributed by atoms with van der Waals surface area (Å²) >= 11 is 3.42. The fourth-order valence-electron chi connectivity index (χ4n) is 1.59. The van der Waals surface area contributed by atoms with Crippen molar-refractivity contribution in [3.05, 3.63) is 28.5 Å². The lowest BCUT2D eigenvalue weighted by Crippen LogP contribution is -2.14. The van der Waals surface area contributed by atoms with Crippen molar-refractivity contribution in [2.24, 2.45) is 0 Å². The van der Waals surface area contributed by atoms with Crippen LogP contribution in [0, 0.1) is 0 Å². The molecule has 0 bridgehead atoms. The predicted molar refractivity (Wildman–Crippen MR) is 66.0 cm³/mol. The monoisotopic (exact) mass is 267 g/mol. The third-order valence-corrected chi connectivity index (χ3v) is 2.83. The summed E-state index contributed by atoms with van der Waals surface area (Å²) < 4.78 is 2.92. The van der Waals surface area contributed by atoms with Crippen LogP contribution < -0.4 is 5.73 Å². The number of rotatable bonds is 0. The molecule has 0 aliphatic rings. The Kier molecular flexibility index (Phi) is 2.26. The molecule has 2 N–H and O–H groups in total. The molecule has 2 aromatic heterocycles. The van der Waals surface area contributed by atoms with E-state index in [1.165, 1.54) is 0 Å². The van der Waals surface area contributed by atoms with Crippen LogP contribution in [0.25, 0.3) is 5.65 Å². The van der Waals surface area contributed by atoms with Gasteiger partial charge < -0.3 is 5.73 Å². The quantitative estimate of drug-likeness (QED) is 0.798. The third kappa shape index (κ3) is 1.74. The fraction of sp³-hybridized carbons (Fsp3) is 0.364. The van der Waals surface area contributed by atoms with Crippen molar-refractivity contribution in [2.75, 3.05) is 5.73 Å². The van der Waals surface area contributed by atoms with Gasteiger partial charge in [-0.05, 0) is 12.1 Å². The van der Waals surface area contributed by atoms with Crippen molar-refractivity contribution >= 4 is 27.4 Å². The van der Waals surface area contributed by atoms with Crippen molar-refractivity contribution < 1.29 is 0 Å². The zero-order valence-corrected chi connectivity index (χ0v) is 10.7. The van der Waals surface area contributed by atoms with Gasteiger partial charge in [-0.1, -0.05) is 36.7 Å². The maximum Gasteiger partial charge on any atom is 0.139 e. The Morgan fingerprint density at radius 2 is 2.07 bits per heavy atom. The van der Waals surface area contributed by atoms with Crippen molar-refractivity contribution in [1.82, 2.24) is 9.38 Å². The highest BCUT2D eigenvalue weighted by Crippen LogP contribution is 2.28. The van der Waals surface area contributed by atoms with Crippen molar-refractivity contribution in [1.29, 1.82) is 0 Å². The maximum atomic E-state index is 6.06. The van der Waals surface area contributed by atoms with E-state index in [1.807, 2.05) is 22.7 Å². The SMILES string of the molecule is CC(C)(C)c1nc2cc(Br)ccn2c1N. The van der Waals surface area contributed by atoms with Crippen molar-refractivity contribution in [3.63, 3.8) is 0 Å². The normalized spacial score (nSPS) is 12.3. The first kappa shape index (κ1) is 10.5. The lowest BCUT2D eigenvalue weighted by Gasteiger charge is -2.15. The van der Waals surface area contributed by atoms with Gasteiger partial charge in [0.2, 0.25) is 0 Å². The molecule has 3 nitrogen and oxygen atoms in total. The van der Waals surface area contributed by atoms with Gasteiger partial charge in [-0.15, -0.1) is 0 Å². The number of anilines is 1. The van der Waals surface area contributed by atoms with E-state index < -0.39 is 0 Å². The number of nitrogens with two attached hydrogens (primary N) is 1. The molecule has 0 aliphatic heterocycles. The number of imidazole rings is 1. The highest BCUT2D eigenvalue weighted by atomic mass is 79.9. The van der Waals surface area contributed by atoms with Crippen LogP contribution in [0.15, 0.2) is 22.8 Å². The first-order valence-corrected chi connectivity index (χ1v) is 5.62. The van der Waals surface area contributed by atoms with E-state index in [0.29, 0.717) is 0 Å². The van der Waals surface area contributed by atoms with Crippen LogP contribution in [-0.4, -0.2) is 9.38 Å². The summed E-state index contributed by atoms with van der Waals surface area (Å²) in [6.07, 6.45) is 1.93. The molecule has 0 aliphatic carbocycles. The molecule has 80 valence electrons. The van der Waals surface area contributed by atoms with Crippen LogP contribution >= 0.6 is 15.9 Å². The summed E-state index contributed by atoms with van der Waals surface area (Å²) in [6.45, 7) is 6.33. The maximum absolute atomic E-state index is 6.06. The lowest BCUT2D eigenvalue weighted by molar-refractivity contribution is 0.576. The topological polar surface area (TPSA) is 43.3 Å². The zero-order valence-electron chi connectivity index (χ0n) is 9.08. The third-order valence-electron chi connectivity index (χ3n) is 2.34. The Labute approximate surface area is 97.4 Å². The van der Waals surface area contributed by atoms with E-state index >= 15 is 0 Å². The molecule has 0 radical (unpaired) electrons. The Bertz CT molecular complexity index is 508. The number of halogens is 1. The number of nitrogen functional groups attached to an aromatic ring is 1. The van der Waals surface area contributed by atoms with Gasteiger partial charge in [0.05, 0.1) is 5.69 Å². The molecule has 0 spiro atoms. The fourth-order valence-corrected chi connectivity index (χ4v) is 1.91. The average molecular weight is 268 g/mol. The van der Waals surface area contributed by atoms with E-state index in [4.69, 9.17) is 5.73 Å². The second-order valence-electron chi connectivity index (χ2n) is 4.67. The van der Waals surface area contributed by atoms with E-state index in [0.717, 1.165) is 21.6 Å². The zero-order chi connectivity index (χ0) is 11.2. The van der Waals surface area contributed by atoms with Gasteiger partial charge in [0.25, 0.3) is 0 Å². The highest BCUT2D eigenvalue weighted by molar-refractivity contribution is 9.10. The van der Waals surface area contributed by atoms with Gasteiger partial charge in [0, 0.05) is 16.1 Å². The van der Waals surface area contributed by atoms with Gasteiger partial charge in [-0.3, -0.25) is 4.40 Å². The second-order valence-corrected chi connectivity index (χ2v) is 5.58. The smallest absolute Gasteiger partial charge is 0.139 e. The standard InChI is InChI=1S/C11H14BrN3/c1-11(2,3)9-10(13)15-5-4-7(12)6-8(15)14-9/h4-6H,13H2,1-3H3. The van der Waals surface area contributed by atoms with Crippen LogP contribution in [0.2, 0.25) is 0 Å². The van der Waals surface area contributed by atoms with Gasteiger partial charge >= 0.3 is 0 Å². The van der Waals surface area contributed by atoms with Crippen molar-refractivity contribution in [2.45, 2.75) is 26.2 Å². The molecule has 2 rings (SSSR count). The second kappa shape index (κ2) is 3.23. The minimum Gasteiger partial charge on any atom is -0.383 e. The Hall–Kier alpha value is -1.03. The van der Waals surface area contributed by atoms with Crippen LogP contribution in [-0.2, 0) is 5.41 Å². The summed E-state index contributed by atoms with van der Waals surface area (Å²) in [6, 6.07) is 3.92. The molecule has 0 unspecified atom stereocenters. The number of fused-ring (bicyclic) bond motifs is 1. The van der Waals surface area contributed by atoms with Gasteiger partial charge in [-0.25, -0.2) is 4.98 Å². The minimum absolute atomic E-state index is 0.0252. The van der Waals surface area contributed by atoms with Gasteiger partial charge in [0.15, 0.2) is 0 Å². The first-order valence-electron chi connectivity index (χ1n) is 4.83. The minimum atomic E-state index is -0.0252. The number of pyridine rings is 1. The van der Waals surface area contributed by atoms with Crippen LogP contribution in [0.5, 0.6) is 0 Å². The molecule has 15 heavy (non-hydrogen) atoms. The molecule has 2 aromatic rings. The number of hydrogen-bond donors (Lipinski definition) is 1. The van der Waals surface area contributed by atoms with Gasteiger partial charge in [0.1, 0.15) is 11.5 Å². The number of nitrogens with zero attached hydrogens (tertiary/aromatic N) is 2. The van der Waals surface area contributed by atoms with Crippen LogP contribution in [0.4, 0.5) is 5.82 Å². The summed E-state index contributed by atoms with van der Waals surface area (Å²) in [5, 5.41) is 0. The summed E-state index contributed by atoms with van der Waals surface area (Å²) in [4.78, 5) is 4.55. The molecule has 0 atom stereocenters. The highest BCUT2D eigenvalue weighted by Gasteiger charge is 2.22. The molecular weight excluding hydrogens is 254 g/mol. The van der Waals surface area contributed by atoms with E-state index in [9.17, 15) is 0 Å². The summed E-state index contributed by atoms with van der Waals surface area (Å²) in [5.41, 5.74) is 7.86. The molecule has 2 heterocycles. The molecule has 0 saturated heterocycles. The lowest BCUT2D eigenvalue weighted by atomic mass is 9.92. The Morgan fingerprint density at radius 3 is 2.67 bits per heavy atom. The molecule has 0 aromatic carbocycles. The van der Waals surface area contributed by atoms with E-state index in [1.54, 1.807) is 0 Å². The Balaban J connectivity index is 2.75. The first-order chi connectivity index (χ1) is 6.89. The summed E-state index contributed by atoms with van der Waals surface area (Å²) in [5.74, 6) is 0.727. The van der Waals surface area contributed by atoms with Crippen molar-refractivity contribution in [3.8, 4) is 0 Å². The molecule has 4 heteroatoms. The van der Waals surface area contributed by atoms with E-state index in [2.05, 4.69) is 41.7 Å². The molecule has 0 amide bonds. The largest absolute Gasteiger partial charge is 0.383 e. The van der Waals surface area contributed by atoms with Crippen LogP contribution in [0.3, 0.4) is 0 Å². The summed E-state index contributed by atoms with van der Waals surface area (Å²) in [7, 11) is 0. The molecule has 0 fully saturated rings. The average Bonchev–Trinajstić information content (AvgIpc) is 2.42.